The molecule has 0 aliphatic heterocycles. The standard InChI is InChI=1S/C23H25N3O6/c1-6-26-12-17(23(29)32-7-2)19(27)16-10-15(11-24-21(16)26)25-22(28)14-8-13(3)20(31-5)18(9-14)30-4/h8-12H,6-7H2,1-5H3,(H,25,28). The van der Waals surface area contributed by atoms with Crippen molar-refractivity contribution in [2.75, 3.05) is 26.1 Å². The number of ether oxygens (including phenoxy) is 3. The molecular formula is C23H25N3O6. The van der Waals surface area contributed by atoms with Gasteiger partial charge in [-0.1, -0.05) is 0 Å². The van der Waals surface area contributed by atoms with E-state index in [4.69, 9.17) is 14.2 Å². The van der Waals surface area contributed by atoms with Gasteiger partial charge >= 0.3 is 5.97 Å². The summed E-state index contributed by atoms with van der Waals surface area (Å²) in [4.78, 5) is 42.3. The SMILES string of the molecule is CCOC(=O)c1cn(CC)c2ncc(NC(=O)c3cc(C)c(OC)c(OC)c3)cc2c1=O. The zero-order valence-corrected chi connectivity index (χ0v) is 18.6. The van der Waals surface area contributed by atoms with Crippen molar-refractivity contribution in [3.8, 4) is 11.5 Å². The minimum absolute atomic E-state index is 0.0815. The highest BCUT2D eigenvalue weighted by Crippen LogP contribution is 2.32. The summed E-state index contributed by atoms with van der Waals surface area (Å²) in [5, 5.41) is 2.95. The molecule has 32 heavy (non-hydrogen) atoms. The molecule has 2 heterocycles. The van der Waals surface area contributed by atoms with Crippen molar-refractivity contribution in [3.05, 3.63) is 57.5 Å². The van der Waals surface area contributed by atoms with E-state index in [0.29, 0.717) is 34.9 Å². The van der Waals surface area contributed by atoms with Crippen LogP contribution in [0.25, 0.3) is 11.0 Å². The van der Waals surface area contributed by atoms with Crippen LogP contribution in [0, 0.1) is 6.92 Å². The van der Waals surface area contributed by atoms with E-state index in [1.807, 2.05) is 6.92 Å². The Morgan fingerprint density at radius 1 is 1.12 bits per heavy atom. The minimum Gasteiger partial charge on any atom is -0.493 e. The van der Waals surface area contributed by atoms with Gasteiger partial charge in [0.1, 0.15) is 11.2 Å². The number of carbonyl (C=O) groups is 2. The number of nitrogens with zero attached hydrogens (tertiary/aromatic N) is 2. The molecule has 0 spiro atoms. The smallest absolute Gasteiger partial charge is 0.343 e. The summed E-state index contributed by atoms with van der Waals surface area (Å²) in [7, 11) is 3.02. The number of aromatic nitrogens is 2. The number of esters is 1. The summed E-state index contributed by atoms with van der Waals surface area (Å²) in [5.74, 6) is -0.133. The number of amides is 1. The van der Waals surface area contributed by atoms with E-state index in [2.05, 4.69) is 10.3 Å². The van der Waals surface area contributed by atoms with Crippen LogP contribution < -0.4 is 20.2 Å². The number of fused-ring (bicyclic) bond motifs is 1. The van der Waals surface area contributed by atoms with Gasteiger partial charge < -0.3 is 24.1 Å². The number of hydrogen-bond acceptors (Lipinski definition) is 7. The first kappa shape index (κ1) is 22.8. The van der Waals surface area contributed by atoms with E-state index >= 15 is 0 Å². The van der Waals surface area contributed by atoms with Gasteiger partial charge in [0.25, 0.3) is 5.91 Å². The summed E-state index contributed by atoms with van der Waals surface area (Å²) in [6.45, 7) is 5.99. The van der Waals surface area contributed by atoms with Crippen LogP contribution in [0.1, 0.15) is 40.1 Å². The largest absolute Gasteiger partial charge is 0.493 e. The highest BCUT2D eigenvalue weighted by atomic mass is 16.5. The first-order valence-electron chi connectivity index (χ1n) is 10.1. The van der Waals surface area contributed by atoms with E-state index in [1.54, 1.807) is 30.5 Å². The Labute approximate surface area is 184 Å². The Kier molecular flexibility index (Phi) is 6.77. The van der Waals surface area contributed by atoms with Crippen molar-refractivity contribution < 1.29 is 23.8 Å². The molecule has 0 atom stereocenters. The summed E-state index contributed by atoms with van der Waals surface area (Å²) < 4.78 is 17.3. The predicted molar refractivity (Wildman–Crippen MR) is 120 cm³/mol. The molecule has 0 bridgehead atoms. The Hall–Kier alpha value is -3.88. The third-order valence-electron chi connectivity index (χ3n) is 4.93. The van der Waals surface area contributed by atoms with Crippen LogP contribution in [0.5, 0.6) is 11.5 Å². The molecule has 3 rings (SSSR count). The molecule has 1 N–H and O–H groups in total. The average molecular weight is 439 g/mol. The Bertz CT molecular complexity index is 1250. The first-order valence-corrected chi connectivity index (χ1v) is 10.1. The van der Waals surface area contributed by atoms with E-state index < -0.39 is 17.3 Å². The lowest BCUT2D eigenvalue weighted by molar-refractivity contribution is 0.0524. The fraction of sp³-hybridized carbons (Fsp3) is 0.304. The quantitative estimate of drug-likeness (QED) is 0.563. The Morgan fingerprint density at radius 2 is 1.88 bits per heavy atom. The third kappa shape index (κ3) is 4.27. The number of benzene rings is 1. The minimum atomic E-state index is -0.697. The summed E-state index contributed by atoms with van der Waals surface area (Å²) >= 11 is 0. The van der Waals surface area contributed by atoms with Crippen LogP contribution in [0.3, 0.4) is 0 Å². The van der Waals surface area contributed by atoms with Crippen molar-refractivity contribution in [1.82, 2.24) is 9.55 Å². The van der Waals surface area contributed by atoms with Crippen molar-refractivity contribution in [1.29, 1.82) is 0 Å². The van der Waals surface area contributed by atoms with Gasteiger partial charge in [0.05, 0.1) is 38.1 Å². The lowest BCUT2D eigenvalue weighted by Gasteiger charge is -2.14. The summed E-state index contributed by atoms with van der Waals surface area (Å²) in [5.41, 5.74) is 1.22. The Morgan fingerprint density at radius 3 is 2.50 bits per heavy atom. The molecule has 0 fully saturated rings. The topological polar surface area (TPSA) is 109 Å². The molecule has 0 aliphatic carbocycles. The van der Waals surface area contributed by atoms with Gasteiger partial charge in [0.15, 0.2) is 11.5 Å². The molecule has 0 saturated heterocycles. The Balaban J connectivity index is 2.02. The molecule has 168 valence electrons. The van der Waals surface area contributed by atoms with E-state index in [-0.39, 0.29) is 17.6 Å². The van der Waals surface area contributed by atoms with Crippen molar-refractivity contribution in [2.24, 2.45) is 0 Å². The van der Waals surface area contributed by atoms with Crippen LogP contribution in [0.2, 0.25) is 0 Å². The van der Waals surface area contributed by atoms with Gasteiger partial charge in [-0.15, -0.1) is 0 Å². The molecular weight excluding hydrogens is 414 g/mol. The molecule has 0 aliphatic rings. The van der Waals surface area contributed by atoms with Crippen LogP contribution in [0.4, 0.5) is 5.69 Å². The van der Waals surface area contributed by atoms with Gasteiger partial charge in [-0.2, -0.15) is 0 Å². The second-order valence-corrected chi connectivity index (χ2v) is 6.96. The highest BCUT2D eigenvalue weighted by molar-refractivity contribution is 6.05. The van der Waals surface area contributed by atoms with Crippen molar-refractivity contribution in [3.63, 3.8) is 0 Å². The summed E-state index contributed by atoms with van der Waals surface area (Å²) in [6.07, 6.45) is 2.91. The molecule has 0 radical (unpaired) electrons. The van der Waals surface area contributed by atoms with Gasteiger partial charge in [-0.25, -0.2) is 9.78 Å². The van der Waals surface area contributed by atoms with Crippen LogP contribution in [0.15, 0.2) is 35.4 Å². The van der Waals surface area contributed by atoms with Gasteiger partial charge in [0.2, 0.25) is 5.43 Å². The second-order valence-electron chi connectivity index (χ2n) is 6.96. The van der Waals surface area contributed by atoms with Crippen LogP contribution in [-0.4, -0.2) is 42.3 Å². The maximum Gasteiger partial charge on any atom is 0.343 e. The molecule has 1 aromatic carbocycles. The van der Waals surface area contributed by atoms with Gasteiger partial charge in [-0.3, -0.25) is 9.59 Å². The molecule has 3 aromatic rings. The molecule has 0 saturated carbocycles. The van der Waals surface area contributed by atoms with Gasteiger partial charge in [0, 0.05) is 18.3 Å². The predicted octanol–water partition coefficient (Wildman–Crippen LogP) is 3.17. The maximum absolute atomic E-state index is 12.9. The van der Waals surface area contributed by atoms with E-state index in [0.717, 1.165) is 5.56 Å². The molecule has 0 unspecified atom stereocenters. The zero-order chi connectivity index (χ0) is 23.4. The van der Waals surface area contributed by atoms with E-state index in [1.165, 1.54) is 32.7 Å². The number of pyridine rings is 2. The fourth-order valence-corrected chi connectivity index (χ4v) is 3.43. The van der Waals surface area contributed by atoms with Crippen molar-refractivity contribution >= 4 is 28.6 Å². The van der Waals surface area contributed by atoms with Crippen molar-refractivity contribution in [2.45, 2.75) is 27.3 Å². The number of hydrogen-bond donors (Lipinski definition) is 1. The number of methoxy groups -OCH3 is 2. The summed E-state index contributed by atoms with van der Waals surface area (Å²) in [6, 6.07) is 4.75. The number of anilines is 1. The average Bonchev–Trinajstić information content (AvgIpc) is 2.79. The number of aryl methyl sites for hydroxylation is 2. The lowest BCUT2D eigenvalue weighted by Crippen LogP contribution is -2.21. The zero-order valence-electron chi connectivity index (χ0n) is 18.6. The molecule has 2 aromatic heterocycles. The van der Waals surface area contributed by atoms with Crippen LogP contribution >= 0.6 is 0 Å². The third-order valence-corrected chi connectivity index (χ3v) is 4.93. The van der Waals surface area contributed by atoms with Gasteiger partial charge in [-0.05, 0) is 44.5 Å². The molecule has 1 amide bonds. The monoisotopic (exact) mass is 439 g/mol. The second kappa shape index (κ2) is 9.51. The molecule has 9 heteroatoms. The number of carbonyl (C=O) groups excluding carboxylic acids is 2. The normalized spacial score (nSPS) is 10.7. The fourth-order valence-electron chi connectivity index (χ4n) is 3.43. The highest BCUT2D eigenvalue weighted by Gasteiger charge is 2.19. The maximum atomic E-state index is 12.9. The molecule has 9 nitrogen and oxygen atoms in total. The number of nitrogens with one attached hydrogen (secondary N) is 1. The van der Waals surface area contributed by atoms with Crippen LogP contribution in [-0.2, 0) is 11.3 Å². The lowest BCUT2D eigenvalue weighted by atomic mass is 10.1. The number of rotatable bonds is 7. The van der Waals surface area contributed by atoms with E-state index in [9.17, 15) is 14.4 Å². The first-order chi connectivity index (χ1) is 15.3.